The Hall–Kier alpha value is -1.71. The first-order chi connectivity index (χ1) is 13.4. The summed E-state index contributed by atoms with van der Waals surface area (Å²) in [6.45, 7) is 3.27. The molecule has 1 heterocycles. The maximum absolute atomic E-state index is 12.8. The van der Waals surface area contributed by atoms with Crippen molar-refractivity contribution >= 4 is 21.4 Å². The van der Waals surface area contributed by atoms with E-state index in [2.05, 4.69) is 12.2 Å². The Morgan fingerprint density at radius 3 is 2.61 bits per heavy atom. The van der Waals surface area contributed by atoms with Gasteiger partial charge >= 0.3 is 0 Å². The number of rotatable bonds is 6. The second-order valence-corrected chi connectivity index (χ2v) is 10.2. The number of anilines is 1. The molecule has 8 nitrogen and oxygen atoms in total. The highest BCUT2D eigenvalue weighted by molar-refractivity contribution is 7.89. The van der Waals surface area contributed by atoms with Gasteiger partial charge in [-0.2, -0.15) is 4.31 Å². The van der Waals surface area contributed by atoms with E-state index in [-0.39, 0.29) is 29.7 Å². The first-order valence-electron chi connectivity index (χ1n) is 9.99. The van der Waals surface area contributed by atoms with Gasteiger partial charge in [-0.1, -0.05) is 6.42 Å². The van der Waals surface area contributed by atoms with Crippen LogP contribution < -0.4 is 5.32 Å². The Balaban J connectivity index is 1.56. The molecule has 0 amide bonds. The largest absolute Gasteiger partial charge is 0.379 e. The van der Waals surface area contributed by atoms with E-state index in [0.29, 0.717) is 30.7 Å². The van der Waals surface area contributed by atoms with Crippen molar-refractivity contribution in [2.24, 2.45) is 17.8 Å². The van der Waals surface area contributed by atoms with Crippen LogP contribution >= 0.6 is 0 Å². The van der Waals surface area contributed by atoms with Gasteiger partial charge in [0, 0.05) is 25.2 Å². The Kier molecular flexibility index (Phi) is 5.32. The Morgan fingerprint density at radius 2 is 2.00 bits per heavy atom. The van der Waals surface area contributed by atoms with Crippen molar-refractivity contribution in [1.29, 1.82) is 0 Å². The summed E-state index contributed by atoms with van der Waals surface area (Å²) in [5.41, 5.74) is 0.200. The van der Waals surface area contributed by atoms with Crippen molar-refractivity contribution in [2.45, 2.75) is 43.5 Å². The molecular formula is C19H27N3O5S. The average Bonchev–Trinajstić information content (AvgIpc) is 3.32. The highest BCUT2D eigenvalue weighted by Gasteiger charge is 2.42. The van der Waals surface area contributed by atoms with Gasteiger partial charge in [-0.25, -0.2) is 8.42 Å². The summed E-state index contributed by atoms with van der Waals surface area (Å²) in [5, 5.41) is 15.0. The maximum atomic E-state index is 12.8. The smallest absolute Gasteiger partial charge is 0.293 e. The number of hydrogen-bond donors (Lipinski definition) is 1. The molecule has 1 N–H and O–H groups in total. The molecular weight excluding hydrogens is 382 g/mol. The van der Waals surface area contributed by atoms with Gasteiger partial charge in [0.1, 0.15) is 5.69 Å². The standard InChI is InChI=1S/C19H27N3O5S/c1-13(17-11-14-2-3-15(17)10-14)20-18-5-4-16(12-19(18)22(23)24)28(25,26)21-6-8-27-9-7-21/h4-5,12-15,17,20H,2-3,6-11H2,1H3/t13-,14+,15+,17-/m0/s1. The number of hydrogen-bond acceptors (Lipinski definition) is 6. The molecule has 0 radical (unpaired) electrons. The second-order valence-electron chi connectivity index (χ2n) is 8.22. The molecule has 9 heteroatoms. The lowest BCUT2D eigenvalue weighted by Crippen LogP contribution is -2.40. The van der Waals surface area contributed by atoms with E-state index < -0.39 is 14.9 Å². The van der Waals surface area contributed by atoms with Crippen LogP contribution in [-0.4, -0.2) is 50.0 Å². The lowest BCUT2D eigenvalue weighted by atomic mass is 9.84. The predicted octanol–water partition coefficient (Wildman–Crippen LogP) is 2.85. The summed E-state index contributed by atoms with van der Waals surface area (Å²) in [6.07, 6.45) is 5.01. The zero-order valence-electron chi connectivity index (χ0n) is 16.0. The quantitative estimate of drug-likeness (QED) is 0.573. The summed E-state index contributed by atoms with van der Waals surface area (Å²) in [5.74, 6) is 2.03. The molecule has 1 aromatic rings. The van der Waals surface area contributed by atoms with E-state index >= 15 is 0 Å². The van der Waals surface area contributed by atoms with Crippen LogP contribution in [0, 0.1) is 27.9 Å². The van der Waals surface area contributed by atoms with E-state index in [1.54, 1.807) is 0 Å². The molecule has 4 rings (SSSR count). The van der Waals surface area contributed by atoms with Crippen molar-refractivity contribution in [2.75, 3.05) is 31.6 Å². The van der Waals surface area contributed by atoms with E-state index in [4.69, 9.17) is 4.74 Å². The number of fused-ring (bicyclic) bond motifs is 2. The zero-order valence-corrected chi connectivity index (χ0v) is 16.9. The van der Waals surface area contributed by atoms with Gasteiger partial charge in [0.2, 0.25) is 10.0 Å². The fourth-order valence-corrected chi connectivity index (χ4v) is 6.57. The summed E-state index contributed by atoms with van der Waals surface area (Å²) in [7, 11) is -3.76. The Bertz CT molecular complexity index is 853. The van der Waals surface area contributed by atoms with E-state index in [9.17, 15) is 18.5 Å². The number of nitro groups is 1. The summed E-state index contributed by atoms with van der Waals surface area (Å²) >= 11 is 0. The molecule has 0 aromatic heterocycles. The molecule has 28 heavy (non-hydrogen) atoms. The molecule has 2 saturated carbocycles. The van der Waals surface area contributed by atoms with Crippen LogP contribution in [0.1, 0.15) is 32.6 Å². The van der Waals surface area contributed by atoms with Gasteiger partial charge in [-0.3, -0.25) is 10.1 Å². The lowest BCUT2D eigenvalue weighted by molar-refractivity contribution is -0.384. The van der Waals surface area contributed by atoms with Crippen molar-refractivity contribution in [3.05, 3.63) is 28.3 Å². The van der Waals surface area contributed by atoms with Crippen LogP contribution in [0.15, 0.2) is 23.1 Å². The molecule has 2 bridgehead atoms. The summed E-state index contributed by atoms with van der Waals surface area (Å²) in [6, 6.07) is 4.31. The highest BCUT2D eigenvalue weighted by atomic mass is 32.2. The third kappa shape index (κ3) is 3.62. The van der Waals surface area contributed by atoms with E-state index in [1.165, 1.54) is 48.2 Å². The molecule has 154 valence electrons. The molecule has 3 aliphatic rings. The number of ether oxygens (including phenoxy) is 1. The number of sulfonamides is 1. The monoisotopic (exact) mass is 409 g/mol. The first kappa shape index (κ1) is 19.6. The van der Waals surface area contributed by atoms with Crippen molar-refractivity contribution in [3.63, 3.8) is 0 Å². The minimum absolute atomic E-state index is 0.0424. The number of nitro benzene ring substituents is 1. The molecule has 1 aromatic carbocycles. The second kappa shape index (κ2) is 7.61. The number of morpholine rings is 1. The predicted molar refractivity (Wildman–Crippen MR) is 105 cm³/mol. The number of nitrogens with zero attached hydrogens (tertiary/aromatic N) is 2. The van der Waals surface area contributed by atoms with Gasteiger partial charge in [0.25, 0.3) is 5.69 Å². The molecule has 0 spiro atoms. The molecule has 1 saturated heterocycles. The van der Waals surface area contributed by atoms with Gasteiger partial charge in [-0.05, 0) is 56.1 Å². The topological polar surface area (TPSA) is 102 Å². The molecule has 3 fully saturated rings. The van der Waals surface area contributed by atoms with Gasteiger partial charge in [0.05, 0.1) is 23.0 Å². The third-order valence-electron chi connectivity index (χ3n) is 6.59. The van der Waals surface area contributed by atoms with Gasteiger partial charge < -0.3 is 10.1 Å². The number of benzene rings is 1. The molecule has 1 aliphatic heterocycles. The van der Waals surface area contributed by atoms with Crippen LogP contribution in [0.4, 0.5) is 11.4 Å². The van der Waals surface area contributed by atoms with Crippen LogP contribution in [0.3, 0.4) is 0 Å². The minimum atomic E-state index is -3.76. The van der Waals surface area contributed by atoms with Crippen molar-refractivity contribution in [1.82, 2.24) is 4.31 Å². The van der Waals surface area contributed by atoms with E-state index in [0.717, 1.165) is 5.92 Å². The third-order valence-corrected chi connectivity index (χ3v) is 8.49. The first-order valence-corrected chi connectivity index (χ1v) is 11.4. The van der Waals surface area contributed by atoms with Crippen LogP contribution in [-0.2, 0) is 14.8 Å². The fourth-order valence-electron chi connectivity index (χ4n) is 5.14. The molecule has 2 aliphatic carbocycles. The van der Waals surface area contributed by atoms with Crippen LogP contribution in [0.25, 0.3) is 0 Å². The normalized spacial score (nSPS) is 29.0. The highest BCUT2D eigenvalue weighted by Crippen LogP contribution is 2.50. The van der Waals surface area contributed by atoms with Gasteiger partial charge in [0.15, 0.2) is 0 Å². The van der Waals surface area contributed by atoms with E-state index in [1.807, 2.05) is 0 Å². The fraction of sp³-hybridized carbons (Fsp3) is 0.684. The molecule has 4 atom stereocenters. The van der Waals surface area contributed by atoms with Crippen LogP contribution in [0.5, 0.6) is 0 Å². The maximum Gasteiger partial charge on any atom is 0.293 e. The zero-order chi connectivity index (χ0) is 19.9. The van der Waals surface area contributed by atoms with Crippen molar-refractivity contribution in [3.8, 4) is 0 Å². The van der Waals surface area contributed by atoms with Crippen molar-refractivity contribution < 1.29 is 18.1 Å². The average molecular weight is 410 g/mol. The van der Waals surface area contributed by atoms with Crippen LogP contribution in [0.2, 0.25) is 0 Å². The Labute approximate surface area is 165 Å². The molecule has 0 unspecified atom stereocenters. The minimum Gasteiger partial charge on any atom is -0.379 e. The lowest BCUT2D eigenvalue weighted by Gasteiger charge is -2.29. The number of nitrogens with one attached hydrogen (secondary N) is 1. The van der Waals surface area contributed by atoms with Gasteiger partial charge in [-0.15, -0.1) is 0 Å². The summed E-state index contributed by atoms with van der Waals surface area (Å²) < 4.78 is 32.2. The summed E-state index contributed by atoms with van der Waals surface area (Å²) in [4.78, 5) is 11.1. The Morgan fingerprint density at radius 1 is 1.25 bits per heavy atom. The SMILES string of the molecule is C[C@H](Nc1ccc(S(=O)(=O)N2CCOCC2)cc1[N+](=O)[O-])[C@@H]1C[C@@H]2CC[C@@H]1C2.